The largest absolute Gasteiger partial charge is 0.351 e. The lowest BCUT2D eigenvalue weighted by Gasteiger charge is -2.33. The number of carbonyl (C=O) groups excluding carboxylic acids is 1. The molecule has 3 aromatic carbocycles. The second-order valence-corrected chi connectivity index (χ2v) is 11.3. The summed E-state index contributed by atoms with van der Waals surface area (Å²) in [7, 11) is 0. The summed E-state index contributed by atoms with van der Waals surface area (Å²) in [6.45, 7) is 5.65. The van der Waals surface area contributed by atoms with E-state index in [0.29, 0.717) is 41.0 Å². The number of imidazole rings is 1. The quantitative estimate of drug-likeness (QED) is 0.175. The van der Waals surface area contributed by atoms with Gasteiger partial charge in [-0.2, -0.15) is 5.26 Å². The fourth-order valence-corrected chi connectivity index (χ4v) is 5.11. The van der Waals surface area contributed by atoms with E-state index in [2.05, 4.69) is 35.5 Å². The minimum atomic E-state index is -0.329. The molecule has 222 valence electrons. The average molecular weight is 617 g/mol. The first-order chi connectivity index (χ1) is 20.7. The maximum atomic E-state index is 13.5. The number of nitrogens with zero attached hydrogens (tertiary/aromatic N) is 4. The number of amides is 1. The maximum absolute atomic E-state index is 13.5. The first-order valence-corrected chi connectivity index (χ1v) is 14.9. The molecule has 0 radical (unpaired) electrons. The van der Waals surface area contributed by atoms with E-state index in [0.717, 1.165) is 23.2 Å². The molecule has 7 nitrogen and oxygen atoms in total. The maximum Gasteiger partial charge on any atom is 0.226 e. The number of benzene rings is 3. The topological polar surface area (TPSA) is 86.0 Å². The Morgan fingerprint density at radius 1 is 1.14 bits per heavy atom. The van der Waals surface area contributed by atoms with Crippen LogP contribution in [0.5, 0.6) is 0 Å². The summed E-state index contributed by atoms with van der Waals surface area (Å²) in [5.74, 6) is -0.292. The van der Waals surface area contributed by atoms with Crippen LogP contribution in [0.4, 0.5) is 10.1 Å². The average Bonchev–Trinajstić information content (AvgIpc) is 3.43. The van der Waals surface area contributed by atoms with Gasteiger partial charge in [0.25, 0.3) is 0 Å². The smallest absolute Gasteiger partial charge is 0.226 e. The van der Waals surface area contributed by atoms with Crippen molar-refractivity contribution in [2.24, 2.45) is 5.92 Å². The van der Waals surface area contributed by atoms with Crippen molar-refractivity contribution in [3.05, 3.63) is 119 Å². The Morgan fingerprint density at radius 2 is 1.88 bits per heavy atom. The predicted octanol–water partition coefficient (Wildman–Crippen LogP) is 6.57. The standard InChI is InChI=1S/C33H34ClFN6OS/c1-3-23(2)31(39-32(42)16-30-18-37-22-41(30)19-25-9-7-24(17-36)8-10-25)21-40(20-26-5-4-6-27(34)15-26)33(43)38-29-13-11-28(35)12-14-29/h4-15,18,22-23,31H,3,16,19-21H2,1-2H3,(H,38,43)(H,39,42)/t23-,31+/m0/s1. The molecule has 0 aliphatic carbocycles. The van der Waals surface area contributed by atoms with Crippen molar-refractivity contribution >= 4 is 40.5 Å². The van der Waals surface area contributed by atoms with Crippen LogP contribution in [-0.2, 0) is 24.3 Å². The van der Waals surface area contributed by atoms with Crippen molar-refractivity contribution in [3.63, 3.8) is 0 Å². The first-order valence-electron chi connectivity index (χ1n) is 14.1. The van der Waals surface area contributed by atoms with E-state index in [-0.39, 0.29) is 30.1 Å². The van der Waals surface area contributed by atoms with Gasteiger partial charge in [-0.3, -0.25) is 4.79 Å². The third-order valence-electron chi connectivity index (χ3n) is 7.32. The van der Waals surface area contributed by atoms with Gasteiger partial charge in [0.1, 0.15) is 5.82 Å². The second-order valence-electron chi connectivity index (χ2n) is 10.5. The van der Waals surface area contributed by atoms with Crippen LogP contribution in [0.1, 0.15) is 42.7 Å². The van der Waals surface area contributed by atoms with E-state index in [4.69, 9.17) is 29.1 Å². The monoisotopic (exact) mass is 616 g/mol. The van der Waals surface area contributed by atoms with Crippen LogP contribution >= 0.6 is 23.8 Å². The lowest BCUT2D eigenvalue weighted by atomic mass is 9.98. The van der Waals surface area contributed by atoms with Gasteiger partial charge >= 0.3 is 0 Å². The molecule has 1 amide bonds. The highest BCUT2D eigenvalue weighted by Crippen LogP contribution is 2.18. The van der Waals surface area contributed by atoms with Crippen LogP contribution in [0.15, 0.2) is 85.3 Å². The molecule has 1 aromatic heterocycles. The lowest BCUT2D eigenvalue weighted by molar-refractivity contribution is -0.121. The zero-order valence-electron chi connectivity index (χ0n) is 24.1. The number of aromatic nitrogens is 2. The molecule has 0 aliphatic heterocycles. The Labute approximate surface area is 262 Å². The van der Waals surface area contributed by atoms with Gasteiger partial charge in [-0.15, -0.1) is 0 Å². The highest BCUT2D eigenvalue weighted by atomic mass is 35.5. The van der Waals surface area contributed by atoms with E-state index in [1.807, 2.05) is 45.9 Å². The highest BCUT2D eigenvalue weighted by Gasteiger charge is 2.24. The number of nitrogens with one attached hydrogen (secondary N) is 2. The Bertz CT molecular complexity index is 1570. The number of hydrogen-bond donors (Lipinski definition) is 2. The van der Waals surface area contributed by atoms with E-state index >= 15 is 0 Å². The van der Waals surface area contributed by atoms with E-state index < -0.39 is 0 Å². The summed E-state index contributed by atoms with van der Waals surface area (Å²) in [5.41, 5.74) is 4.03. The van der Waals surface area contributed by atoms with Crippen LogP contribution in [-0.4, -0.2) is 38.1 Å². The summed E-state index contributed by atoms with van der Waals surface area (Å²) in [6.07, 6.45) is 4.43. The molecule has 4 rings (SSSR count). The van der Waals surface area contributed by atoms with Gasteiger partial charge < -0.3 is 20.1 Å². The molecule has 0 aliphatic rings. The number of rotatable bonds is 12. The van der Waals surface area contributed by atoms with Crippen molar-refractivity contribution in [3.8, 4) is 6.07 Å². The van der Waals surface area contributed by atoms with Crippen LogP contribution in [0, 0.1) is 23.1 Å². The third-order valence-corrected chi connectivity index (χ3v) is 7.91. The van der Waals surface area contributed by atoms with Gasteiger partial charge in [-0.05, 0) is 77.8 Å². The van der Waals surface area contributed by atoms with Gasteiger partial charge in [-0.25, -0.2) is 9.37 Å². The van der Waals surface area contributed by atoms with Crippen molar-refractivity contribution in [1.82, 2.24) is 19.8 Å². The van der Waals surface area contributed by atoms with Gasteiger partial charge in [0.05, 0.1) is 24.4 Å². The van der Waals surface area contributed by atoms with Crippen molar-refractivity contribution in [2.45, 2.75) is 45.8 Å². The first kappa shape index (κ1) is 31.7. The summed E-state index contributed by atoms with van der Waals surface area (Å²) >= 11 is 12.1. The number of anilines is 1. The van der Waals surface area contributed by atoms with Crippen molar-refractivity contribution in [1.29, 1.82) is 5.26 Å². The zero-order chi connectivity index (χ0) is 30.8. The van der Waals surface area contributed by atoms with Gasteiger partial charge in [0.15, 0.2) is 5.11 Å². The van der Waals surface area contributed by atoms with Gasteiger partial charge in [0.2, 0.25) is 5.91 Å². The third kappa shape index (κ3) is 9.37. The molecule has 43 heavy (non-hydrogen) atoms. The molecule has 0 unspecified atom stereocenters. The number of halogens is 2. The zero-order valence-corrected chi connectivity index (χ0v) is 25.7. The van der Waals surface area contributed by atoms with Crippen LogP contribution in [0.2, 0.25) is 5.02 Å². The van der Waals surface area contributed by atoms with Gasteiger partial charge in [-0.1, -0.05) is 56.1 Å². The minimum absolute atomic E-state index is 0.119. The molecule has 0 spiro atoms. The Hall–Kier alpha value is -4.26. The summed E-state index contributed by atoms with van der Waals surface area (Å²) < 4.78 is 15.4. The fourth-order valence-electron chi connectivity index (χ4n) is 4.64. The molecular formula is C33H34ClFN6OS. The Balaban J connectivity index is 1.48. The van der Waals surface area contributed by atoms with Crippen LogP contribution in [0.25, 0.3) is 0 Å². The predicted molar refractivity (Wildman–Crippen MR) is 172 cm³/mol. The van der Waals surface area contributed by atoms with E-state index in [1.165, 1.54) is 12.1 Å². The molecule has 10 heteroatoms. The van der Waals surface area contributed by atoms with E-state index in [1.54, 1.807) is 36.8 Å². The summed E-state index contributed by atoms with van der Waals surface area (Å²) in [4.78, 5) is 19.7. The van der Waals surface area contributed by atoms with Crippen LogP contribution < -0.4 is 10.6 Å². The SMILES string of the molecule is CC[C@H](C)[C@@H](CN(Cc1cccc(Cl)c1)C(=S)Nc1ccc(F)cc1)NC(=O)Cc1cncn1Cc1ccc(C#N)cc1. The normalized spacial score (nSPS) is 12.2. The van der Waals surface area contributed by atoms with Gasteiger partial charge in [0, 0.05) is 48.3 Å². The number of hydrogen-bond acceptors (Lipinski definition) is 4. The summed E-state index contributed by atoms with van der Waals surface area (Å²) in [6, 6.07) is 22.9. The second kappa shape index (κ2) is 15.3. The van der Waals surface area contributed by atoms with E-state index in [9.17, 15) is 9.18 Å². The molecule has 0 fully saturated rings. The van der Waals surface area contributed by atoms with Crippen molar-refractivity contribution in [2.75, 3.05) is 11.9 Å². The lowest BCUT2D eigenvalue weighted by Crippen LogP contribution is -2.50. The highest BCUT2D eigenvalue weighted by molar-refractivity contribution is 7.80. The summed E-state index contributed by atoms with van der Waals surface area (Å²) in [5, 5.41) is 16.6. The fraction of sp³-hybridized carbons (Fsp3) is 0.273. The van der Waals surface area contributed by atoms with Crippen LogP contribution in [0.3, 0.4) is 0 Å². The Morgan fingerprint density at radius 3 is 2.56 bits per heavy atom. The number of nitriles is 1. The molecule has 0 bridgehead atoms. The molecule has 0 saturated carbocycles. The molecule has 2 N–H and O–H groups in total. The molecule has 4 aromatic rings. The number of thiocarbonyl (C=S) groups is 1. The molecular weight excluding hydrogens is 583 g/mol. The molecule has 1 heterocycles. The minimum Gasteiger partial charge on any atom is -0.351 e. The molecule has 0 saturated heterocycles. The number of carbonyl (C=O) groups is 1. The Kier molecular flexibility index (Phi) is 11.3. The van der Waals surface area contributed by atoms with Crippen molar-refractivity contribution < 1.29 is 9.18 Å². The molecule has 2 atom stereocenters.